The number of nitrogens with zero attached hydrogens (tertiary/aromatic N) is 2. The highest BCUT2D eigenvalue weighted by Gasteiger charge is 2.16. The van der Waals surface area contributed by atoms with Gasteiger partial charge >= 0.3 is 0 Å². The van der Waals surface area contributed by atoms with Crippen molar-refractivity contribution < 1.29 is 9.53 Å². The van der Waals surface area contributed by atoms with E-state index < -0.39 is 0 Å². The minimum Gasteiger partial charge on any atom is -0.495 e. The molecule has 1 aromatic carbocycles. The van der Waals surface area contributed by atoms with E-state index in [9.17, 15) is 4.79 Å². The number of hydrogen-bond donors (Lipinski definition) is 1. The van der Waals surface area contributed by atoms with E-state index >= 15 is 0 Å². The fourth-order valence-electron chi connectivity index (χ4n) is 3.19. The lowest BCUT2D eigenvalue weighted by atomic mass is 10.0. The van der Waals surface area contributed by atoms with Gasteiger partial charge < -0.3 is 9.30 Å². The summed E-state index contributed by atoms with van der Waals surface area (Å²) in [4.78, 5) is 15.4. The van der Waals surface area contributed by atoms with Crippen LogP contribution in [-0.4, -0.2) is 35.7 Å². The van der Waals surface area contributed by atoms with Crippen molar-refractivity contribution in [2.75, 3.05) is 19.9 Å². The second-order valence-electron chi connectivity index (χ2n) is 6.82. The standard InChI is InChI=1S/C20H21ClN2O2.C3H9NS/c1-4-13(2)18-8-14-9-20(25-3)17(21)10-19(14)23(18)11-15-6-5-7-16(12-24)22-15;1-3-5-4-2/h5-10,12-13H,4,11H2,1-3H3;4H,3H2,1-2H3. The van der Waals surface area contributed by atoms with Crippen LogP contribution < -0.4 is 9.46 Å². The van der Waals surface area contributed by atoms with E-state index in [4.69, 9.17) is 16.3 Å². The molecular formula is C23H30ClN3O2S. The number of halogens is 1. The summed E-state index contributed by atoms with van der Waals surface area (Å²) in [7, 11) is 3.54. The number of methoxy groups -OCH3 is 1. The Balaban J connectivity index is 0.000000575. The van der Waals surface area contributed by atoms with Crippen molar-refractivity contribution in [2.45, 2.75) is 39.7 Å². The second kappa shape index (κ2) is 12.0. The van der Waals surface area contributed by atoms with Gasteiger partial charge in [0, 0.05) is 16.8 Å². The molecule has 3 aromatic rings. The van der Waals surface area contributed by atoms with Crippen LogP contribution in [0.15, 0.2) is 36.4 Å². The molecular weight excluding hydrogens is 418 g/mol. The first-order valence-corrected chi connectivity index (χ1v) is 11.4. The SMILES string of the molecule is CCC(C)c1cc2cc(OC)c(Cl)cc2n1Cc1cccc(C=O)n1.CCSNC. The number of nitrogens with one attached hydrogen (secondary N) is 1. The number of pyridine rings is 1. The largest absolute Gasteiger partial charge is 0.495 e. The van der Waals surface area contributed by atoms with Gasteiger partial charge in [-0.2, -0.15) is 0 Å². The maximum absolute atomic E-state index is 11.0. The molecule has 1 atom stereocenters. The molecule has 0 aliphatic rings. The van der Waals surface area contributed by atoms with Gasteiger partial charge in [0.05, 0.1) is 29.9 Å². The molecule has 1 unspecified atom stereocenters. The maximum Gasteiger partial charge on any atom is 0.168 e. The van der Waals surface area contributed by atoms with Crippen LogP contribution in [0.1, 0.15) is 55.0 Å². The Morgan fingerprint density at radius 2 is 2.07 bits per heavy atom. The average Bonchev–Trinajstić information content (AvgIpc) is 3.10. The summed E-state index contributed by atoms with van der Waals surface area (Å²) in [5.74, 6) is 2.21. The molecule has 0 aliphatic heterocycles. The predicted octanol–water partition coefficient (Wildman–Crippen LogP) is 5.95. The molecule has 30 heavy (non-hydrogen) atoms. The van der Waals surface area contributed by atoms with Crippen molar-refractivity contribution in [3.63, 3.8) is 0 Å². The molecule has 0 bridgehead atoms. The third-order valence-corrected chi connectivity index (χ3v) is 5.75. The van der Waals surface area contributed by atoms with Crippen molar-refractivity contribution >= 4 is 40.7 Å². The van der Waals surface area contributed by atoms with Gasteiger partial charge in [-0.1, -0.05) is 50.4 Å². The Morgan fingerprint density at radius 3 is 2.63 bits per heavy atom. The predicted molar refractivity (Wildman–Crippen MR) is 128 cm³/mol. The van der Waals surface area contributed by atoms with E-state index in [2.05, 4.69) is 41.1 Å². The third-order valence-electron chi connectivity index (χ3n) is 4.88. The number of aromatic nitrogens is 2. The lowest BCUT2D eigenvalue weighted by Crippen LogP contribution is -2.08. The van der Waals surface area contributed by atoms with Gasteiger partial charge in [0.25, 0.3) is 0 Å². The number of carbonyl (C=O) groups excluding carboxylic acids is 1. The Kier molecular flexibility index (Phi) is 9.69. The summed E-state index contributed by atoms with van der Waals surface area (Å²) < 4.78 is 10.5. The molecule has 2 heterocycles. The van der Waals surface area contributed by atoms with Gasteiger partial charge in [0.15, 0.2) is 6.29 Å². The first-order valence-electron chi connectivity index (χ1n) is 10.0. The van der Waals surface area contributed by atoms with Crippen LogP contribution in [0, 0.1) is 0 Å². The number of fused-ring (bicyclic) bond motifs is 1. The highest BCUT2D eigenvalue weighted by atomic mass is 35.5. The van der Waals surface area contributed by atoms with Crippen molar-refractivity contribution in [2.24, 2.45) is 0 Å². The summed E-state index contributed by atoms with van der Waals surface area (Å²) in [6.07, 6.45) is 1.80. The van der Waals surface area contributed by atoms with Crippen molar-refractivity contribution in [3.8, 4) is 5.75 Å². The fraction of sp³-hybridized carbons (Fsp3) is 0.391. The summed E-state index contributed by atoms with van der Waals surface area (Å²) in [5, 5.41) is 1.67. The molecule has 5 nitrogen and oxygen atoms in total. The van der Waals surface area contributed by atoms with Crippen LogP contribution in [0.4, 0.5) is 0 Å². The fourth-order valence-corrected chi connectivity index (χ4v) is 3.72. The van der Waals surface area contributed by atoms with Crippen molar-refractivity contribution in [1.82, 2.24) is 14.3 Å². The topological polar surface area (TPSA) is 56.2 Å². The van der Waals surface area contributed by atoms with Crippen molar-refractivity contribution in [3.05, 3.63) is 58.5 Å². The zero-order valence-electron chi connectivity index (χ0n) is 18.2. The van der Waals surface area contributed by atoms with Gasteiger partial charge in [0.1, 0.15) is 11.4 Å². The lowest BCUT2D eigenvalue weighted by molar-refractivity contribution is 0.111. The van der Waals surface area contributed by atoms with Crippen LogP contribution in [-0.2, 0) is 6.54 Å². The molecule has 0 radical (unpaired) electrons. The molecule has 3 rings (SSSR count). The molecule has 7 heteroatoms. The minimum atomic E-state index is 0.395. The summed E-state index contributed by atoms with van der Waals surface area (Å²) in [6.45, 7) is 7.08. The molecule has 2 aromatic heterocycles. The van der Waals surface area contributed by atoms with Gasteiger partial charge in [-0.15, -0.1) is 0 Å². The summed E-state index contributed by atoms with van der Waals surface area (Å²) in [5.41, 5.74) is 3.55. The third kappa shape index (κ3) is 6.00. The Bertz CT molecular complexity index is 972. The Hall–Kier alpha value is -2.02. The first-order chi connectivity index (χ1) is 14.5. The minimum absolute atomic E-state index is 0.395. The second-order valence-corrected chi connectivity index (χ2v) is 8.50. The normalized spacial score (nSPS) is 11.7. The van der Waals surface area contributed by atoms with E-state index in [1.54, 1.807) is 25.1 Å². The van der Waals surface area contributed by atoms with Gasteiger partial charge in [0.2, 0.25) is 0 Å². The summed E-state index contributed by atoms with van der Waals surface area (Å²) in [6, 6.07) is 11.6. The van der Waals surface area contributed by atoms with Gasteiger partial charge in [-0.25, -0.2) is 4.98 Å². The highest BCUT2D eigenvalue weighted by molar-refractivity contribution is 7.97. The Morgan fingerprint density at radius 1 is 1.30 bits per heavy atom. The van der Waals surface area contributed by atoms with E-state index in [1.165, 1.54) is 5.69 Å². The molecule has 0 saturated heterocycles. The number of benzene rings is 1. The molecule has 162 valence electrons. The number of ether oxygens (including phenoxy) is 1. The first kappa shape index (κ1) is 24.3. The van der Waals surface area contributed by atoms with E-state index in [0.717, 1.165) is 35.1 Å². The highest BCUT2D eigenvalue weighted by Crippen LogP contribution is 2.34. The summed E-state index contributed by atoms with van der Waals surface area (Å²) >= 11 is 8.06. The van der Waals surface area contributed by atoms with Gasteiger partial charge in [-0.3, -0.25) is 9.52 Å². The lowest BCUT2D eigenvalue weighted by Gasteiger charge is -2.15. The van der Waals surface area contributed by atoms with Crippen molar-refractivity contribution in [1.29, 1.82) is 0 Å². The van der Waals surface area contributed by atoms with E-state index in [0.29, 0.717) is 28.9 Å². The quantitative estimate of drug-likeness (QED) is 0.341. The van der Waals surface area contributed by atoms with Crippen LogP contribution >= 0.6 is 23.5 Å². The molecule has 0 amide bonds. The number of rotatable bonds is 8. The van der Waals surface area contributed by atoms with Gasteiger partial charge in [-0.05, 0) is 49.7 Å². The molecule has 1 N–H and O–H groups in total. The van der Waals surface area contributed by atoms with E-state index in [1.807, 2.05) is 31.3 Å². The zero-order valence-corrected chi connectivity index (χ0v) is 19.8. The van der Waals surface area contributed by atoms with Crippen LogP contribution in [0.2, 0.25) is 5.02 Å². The zero-order chi connectivity index (χ0) is 22.1. The van der Waals surface area contributed by atoms with E-state index in [-0.39, 0.29) is 0 Å². The number of aldehydes is 1. The van der Waals surface area contributed by atoms with Crippen LogP contribution in [0.25, 0.3) is 10.9 Å². The van der Waals surface area contributed by atoms with Crippen LogP contribution in [0.3, 0.4) is 0 Å². The monoisotopic (exact) mass is 447 g/mol. The van der Waals surface area contributed by atoms with Crippen LogP contribution in [0.5, 0.6) is 5.75 Å². The molecule has 0 saturated carbocycles. The smallest absolute Gasteiger partial charge is 0.168 e. The Labute approximate surface area is 188 Å². The number of carbonyl (C=O) groups is 1. The average molecular weight is 448 g/mol. The molecule has 0 aliphatic carbocycles. The maximum atomic E-state index is 11.0. The molecule has 0 fully saturated rings. The number of hydrogen-bond acceptors (Lipinski definition) is 5. The molecule has 0 spiro atoms.